The first-order valence-electron chi connectivity index (χ1n) is 8.38. The molecule has 9 heteroatoms. The van der Waals surface area contributed by atoms with E-state index in [-0.39, 0.29) is 11.5 Å². The van der Waals surface area contributed by atoms with Crippen molar-refractivity contribution < 1.29 is 19.1 Å². The Balaban J connectivity index is 1.90. The SMILES string of the molecule is COc1cccc(C(=O)NN2C(=S)N(c3ccccc3)C(=O)[C@H]2CC(N)=O)c1. The van der Waals surface area contributed by atoms with E-state index in [2.05, 4.69) is 5.43 Å². The molecule has 28 heavy (non-hydrogen) atoms. The zero-order valence-corrected chi connectivity index (χ0v) is 15.8. The summed E-state index contributed by atoms with van der Waals surface area (Å²) in [4.78, 5) is 38.3. The van der Waals surface area contributed by atoms with Crippen molar-refractivity contribution in [1.29, 1.82) is 0 Å². The van der Waals surface area contributed by atoms with Gasteiger partial charge in [-0.3, -0.25) is 24.7 Å². The minimum absolute atomic E-state index is 0.0543. The number of nitrogens with zero attached hydrogens (tertiary/aromatic N) is 2. The molecule has 2 aromatic rings. The van der Waals surface area contributed by atoms with Crippen molar-refractivity contribution >= 4 is 40.7 Å². The van der Waals surface area contributed by atoms with Crippen LogP contribution in [-0.2, 0) is 9.59 Å². The fourth-order valence-corrected chi connectivity index (χ4v) is 3.21. The van der Waals surface area contributed by atoms with Crippen LogP contribution in [0.15, 0.2) is 54.6 Å². The highest BCUT2D eigenvalue weighted by atomic mass is 32.1. The standard InChI is InChI=1S/C19H18N4O4S/c1-27-14-9-5-6-12(10-14)17(25)21-23-15(11-16(20)24)18(26)22(19(23)28)13-7-3-2-4-8-13/h2-10,15H,11H2,1H3,(H2,20,24)(H,21,25)/t15-/m1/s1. The van der Waals surface area contributed by atoms with E-state index in [1.807, 2.05) is 0 Å². The lowest BCUT2D eigenvalue weighted by Gasteiger charge is -2.24. The molecule has 0 aliphatic carbocycles. The number of nitrogens with two attached hydrogens (primary N) is 1. The number of thiocarbonyl (C=S) groups is 1. The van der Waals surface area contributed by atoms with Gasteiger partial charge in [0.2, 0.25) is 11.0 Å². The van der Waals surface area contributed by atoms with Crippen molar-refractivity contribution in [2.45, 2.75) is 12.5 Å². The third kappa shape index (κ3) is 3.79. The monoisotopic (exact) mass is 398 g/mol. The average molecular weight is 398 g/mol. The number of nitrogens with one attached hydrogen (secondary N) is 1. The molecule has 144 valence electrons. The van der Waals surface area contributed by atoms with Crippen molar-refractivity contribution in [3.8, 4) is 5.75 Å². The Morgan fingerprint density at radius 2 is 1.89 bits per heavy atom. The van der Waals surface area contributed by atoms with E-state index in [0.717, 1.165) is 0 Å². The molecule has 1 aliphatic rings. The number of rotatable bonds is 6. The van der Waals surface area contributed by atoms with Gasteiger partial charge in [-0.2, -0.15) is 0 Å². The number of ether oxygens (including phenoxy) is 1. The van der Waals surface area contributed by atoms with Crippen molar-refractivity contribution in [2.24, 2.45) is 5.73 Å². The van der Waals surface area contributed by atoms with Crippen LogP contribution in [0.3, 0.4) is 0 Å². The van der Waals surface area contributed by atoms with Gasteiger partial charge in [-0.15, -0.1) is 0 Å². The lowest BCUT2D eigenvalue weighted by atomic mass is 10.2. The van der Waals surface area contributed by atoms with Gasteiger partial charge in [0.15, 0.2) is 0 Å². The van der Waals surface area contributed by atoms with Crippen molar-refractivity contribution in [1.82, 2.24) is 10.4 Å². The van der Waals surface area contributed by atoms with Crippen molar-refractivity contribution in [3.63, 3.8) is 0 Å². The molecule has 1 saturated heterocycles. The largest absolute Gasteiger partial charge is 0.497 e. The van der Waals surface area contributed by atoms with Crippen LogP contribution in [0, 0.1) is 0 Å². The molecule has 0 unspecified atom stereocenters. The van der Waals surface area contributed by atoms with E-state index in [1.54, 1.807) is 54.6 Å². The molecule has 1 heterocycles. The number of hydrogen-bond acceptors (Lipinski definition) is 5. The quantitative estimate of drug-likeness (QED) is 0.709. The number of benzene rings is 2. The fourth-order valence-electron chi connectivity index (χ4n) is 2.84. The Bertz CT molecular complexity index is 935. The number of amides is 3. The minimum Gasteiger partial charge on any atom is -0.497 e. The molecular weight excluding hydrogens is 380 g/mol. The smallest absolute Gasteiger partial charge is 0.270 e. The average Bonchev–Trinajstić information content (AvgIpc) is 2.92. The maximum Gasteiger partial charge on any atom is 0.270 e. The molecule has 0 saturated carbocycles. The van der Waals surface area contributed by atoms with Crippen LogP contribution >= 0.6 is 12.2 Å². The fraction of sp³-hybridized carbons (Fsp3) is 0.158. The molecule has 0 aromatic heterocycles. The van der Waals surface area contributed by atoms with Crippen LogP contribution < -0.4 is 20.8 Å². The van der Waals surface area contributed by atoms with Crippen molar-refractivity contribution in [3.05, 3.63) is 60.2 Å². The maximum absolute atomic E-state index is 12.9. The highest BCUT2D eigenvalue weighted by Crippen LogP contribution is 2.26. The zero-order chi connectivity index (χ0) is 20.3. The molecule has 0 bridgehead atoms. The second kappa shape index (κ2) is 8.05. The van der Waals surface area contributed by atoms with E-state index >= 15 is 0 Å². The number of carbonyl (C=O) groups is 3. The number of anilines is 1. The Labute approximate surface area is 166 Å². The summed E-state index contributed by atoms with van der Waals surface area (Å²) < 4.78 is 5.12. The number of hydrazine groups is 1. The van der Waals surface area contributed by atoms with Crippen LogP contribution in [0.4, 0.5) is 5.69 Å². The van der Waals surface area contributed by atoms with Crippen LogP contribution in [0.25, 0.3) is 0 Å². The normalized spacial score (nSPS) is 16.2. The number of carbonyl (C=O) groups excluding carboxylic acids is 3. The predicted molar refractivity (Wildman–Crippen MR) is 106 cm³/mol. The number of para-hydroxylation sites is 1. The summed E-state index contributed by atoms with van der Waals surface area (Å²) in [6.07, 6.45) is -0.291. The van der Waals surface area contributed by atoms with Crippen LogP contribution in [0.5, 0.6) is 5.75 Å². The molecule has 3 rings (SSSR count). The molecule has 3 N–H and O–H groups in total. The Morgan fingerprint density at radius 3 is 2.54 bits per heavy atom. The summed E-state index contributed by atoms with van der Waals surface area (Å²) in [6, 6.07) is 14.2. The first-order chi connectivity index (χ1) is 13.4. The van der Waals surface area contributed by atoms with Gasteiger partial charge in [0.1, 0.15) is 11.8 Å². The van der Waals surface area contributed by atoms with Crippen molar-refractivity contribution in [2.75, 3.05) is 12.0 Å². The number of hydrogen-bond donors (Lipinski definition) is 2. The molecule has 1 aliphatic heterocycles. The Kier molecular flexibility index (Phi) is 5.55. The second-order valence-corrected chi connectivity index (χ2v) is 6.39. The lowest BCUT2D eigenvalue weighted by Crippen LogP contribution is -2.49. The number of primary amides is 1. The van der Waals surface area contributed by atoms with E-state index in [0.29, 0.717) is 17.0 Å². The zero-order valence-electron chi connectivity index (χ0n) is 15.0. The van der Waals surface area contributed by atoms with Gasteiger partial charge in [0.25, 0.3) is 11.8 Å². The molecular formula is C19H18N4O4S. The highest BCUT2D eigenvalue weighted by Gasteiger charge is 2.45. The summed E-state index contributed by atoms with van der Waals surface area (Å²) in [7, 11) is 1.49. The van der Waals surface area contributed by atoms with Gasteiger partial charge >= 0.3 is 0 Å². The first kappa shape index (κ1) is 19.3. The van der Waals surface area contributed by atoms with Gasteiger partial charge in [0, 0.05) is 5.56 Å². The summed E-state index contributed by atoms with van der Waals surface area (Å²) in [5.41, 5.74) is 8.75. The highest BCUT2D eigenvalue weighted by molar-refractivity contribution is 7.80. The predicted octanol–water partition coefficient (Wildman–Crippen LogP) is 1.22. The molecule has 8 nitrogen and oxygen atoms in total. The molecule has 0 spiro atoms. The third-order valence-corrected chi connectivity index (χ3v) is 4.56. The molecule has 1 fully saturated rings. The Morgan fingerprint density at radius 1 is 1.18 bits per heavy atom. The second-order valence-electron chi connectivity index (χ2n) is 6.02. The van der Waals surface area contributed by atoms with Crippen LogP contribution in [0.1, 0.15) is 16.8 Å². The van der Waals surface area contributed by atoms with E-state index in [9.17, 15) is 14.4 Å². The molecule has 0 radical (unpaired) electrons. The van der Waals surface area contributed by atoms with Crippen LogP contribution in [0.2, 0.25) is 0 Å². The van der Waals surface area contributed by atoms with Gasteiger partial charge in [0.05, 0.1) is 19.2 Å². The summed E-state index contributed by atoms with van der Waals surface area (Å²) in [5, 5.41) is 1.26. The molecule has 1 atom stereocenters. The molecule has 2 aromatic carbocycles. The maximum atomic E-state index is 12.9. The van der Waals surface area contributed by atoms with E-state index in [1.165, 1.54) is 17.0 Å². The van der Waals surface area contributed by atoms with Gasteiger partial charge in [-0.1, -0.05) is 24.3 Å². The van der Waals surface area contributed by atoms with E-state index < -0.39 is 23.8 Å². The van der Waals surface area contributed by atoms with Crippen LogP contribution in [-0.4, -0.2) is 41.0 Å². The third-order valence-electron chi connectivity index (χ3n) is 4.18. The molecule has 3 amide bonds. The minimum atomic E-state index is -1.03. The van der Waals surface area contributed by atoms with Gasteiger partial charge in [-0.25, -0.2) is 5.01 Å². The lowest BCUT2D eigenvalue weighted by molar-refractivity contribution is -0.125. The van der Waals surface area contributed by atoms with E-state index in [4.69, 9.17) is 22.7 Å². The topological polar surface area (TPSA) is 105 Å². The summed E-state index contributed by atoms with van der Waals surface area (Å²) in [5.74, 6) is -1.12. The first-order valence-corrected chi connectivity index (χ1v) is 8.78. The van der Waals surface area contributed by atoms with Gasteiger partial charge < -0.3 is 10.5 Å². The summed E-state index contributed by atoms with van der Waals surface area (Å²) in [6.45, 7) is 0. The summed E-state index contributed by atoms with van der Waals surface area (Å²) >= 11 is 5.41. The van der Waals surface area contributed by atoms with Gasteiger partial charge in [-0.05, 0) is 42.5 Å². The number of methoxy groups -OCH3 is 1. The Hall–Kier alpha value is -3.46.